The molecule has 58 valence electrons. The Morgan fingerprint density at radius 2 is 2.10 bits per heavy atom. The molecule has 0 radical (unpaired) electrons. The first-order chi connectivity index (χ1) is 4.57. The summed E-state index contributed by atoms with van der Waals surface area (Å²) in [6.07, 6.45) is -0.150. The third-order valence-corrected chi connectivity index (χ3v) is 1.50. The predicted octanol–water partition coefficient (Wildman–Crippen LogP) is 0.902. The summed E-state index contributed by atoms with van der Waals surface area (Å²) in [7, 11) is 1.26. The molecule has 3 nitrogen and oxygen atoms in total. The standard InChI is InChI=1S/C6H9BrO3/c1-4(7)5(8)3-6(9)10-2/h4H,3H2,1-2H3/t4-/m1/s1. The highest BCUT2D eigenvalue weighted by molar-refractivity contribution is 9.10. The van der Waals surface area contributed by atoms with E-state index in [2.05, 4.69) is 20.7 Å². The molecule has 0 fully saturated rings. The molecule has 0 heterocycles. The van der Waals surface area contributed by atoms with E-state index in [9.17, 15) is 9.59 Å². The summed E-state index contributed by atoms with van der Waals surface area (Å²) >= 11 is 3.04. The summed E-state index contributed by atoms with van der Waals surface area (Å²) < 4.78 is 4.29. The van der Waals surface area contributed by atoms with Crippen molar-refractivity contribution in [3.63, 3.8) is 0 Å². The van der Waals surface area contributed by atoms with Gasteiger partial charge >= 0.3 is 5.97 Å². The molecule has 0 rings (SSSR count). The molecule has 0 aliphatic rings. The highest BCUT2D eigenvalue weighted by Crippen LogP contribution is 2.02. The minimum atomic E-state index is -0.490. The fraction of sp³-hybridized carbons (Fsp3) is 0.667. The monoisotopic (exact) mass is 208 g/mol. The van der Waals surface area contributed by atoms with Gasteiger partial charge in [-0.3, -0.25) is 9.59 Å². The van der Waals surface area contributed by atoms with Gasteiger partial charge in [-0.15, -0.1) is 0 Å². The Hall–Kier alpha value is -0.380. The van der Waals surface area contributed by atoms with Gasteiger partial charge < -0.3 is 4.74 Å². The largest absolute Gasteiger partial charge is 0.469 e. The molecular formula is C6H9BrO3. The Morgan fingerprint density at radius 1 is 1.60 bits per heavy atom. The van der Waals surface area contributed by atoms with Gasteiger partial charge in [0.25, 0.3) is 0 Å². The number of esters is 1. The molecule has 0 saturated carbocycles. The van der Waals surface area contributed by atoms with Crippen molar-refractivity contribution in [3.8, 4) is 0 Å². The van der Waals surface area contributed by atoms with Gasteiger partial charge in [0.2, 0.25) is 0 Å². The van der Waals surface area contributed by atoms with E-state index < -0.39 is 5.97 Å². The number of hydrogen-bond donors (Lipinski definition) is 0. The van der Waals surface area contributed by atoms with Gasteiger partial charge in [0.05, 0.1) is 11.9 Å². The second kappa shape index (κ2) is 4.44. The van der Waals surface area contributed by atoms with E-state index in [1.54, 1.807) is 6.92 Å². The van der Waals surface area contributed by atoms with Crippen LogP contribution in [0.15, 0.2) is 0 Å². The van der Waals surface area contributed by atoms with Crippen molar-refractivity contribution in [1.29, 1.82) is 0 Å². The SMILES string of the molecule is COC(=O)CC(=O)[C@@H](C)Br. The summed E-state index contributed by atoms with van der Waals surface area (Å²) in [6.45, 7) is 1.67. The number of halogens is 1. The summed E-state index contributed by atoms with van der Waals surface area (Å²) in [4.78, 5) is 21.0. The average Bonchev–Trinajstić information content (AvgIpc) is 1.87. The van der Waals surface area contributed by atoms with E-state index in [0.29, 0.717) is 0 Å². The Morgan fingerprint density at radius 3 is 2.40 bits per heavy atom. The van der Waals surface area contributed by atoms with Crippen LogP contribution in [-0.4, -0.2) is 23.7 Å². The van der Waals surface area contributed by atoms with Gasteiger partial charge in [0, 0.05) is 0 Å². The van der Waals surface area contributed by atoms with Gasteiger partial charge in [0.1, 0.15) is 6.42 Å². The minimum absolute atomic E-state index is 0.150. The average molecular weight is 209 g/mol. The van der Waals surface area contributed by atoms with Crippen LogP contribution in [0, 0.1) is 0 Å². The minimum Gasteiger partial charge on any atom is -0.469 e. The van der Waals surface area contributed by atoms with Gasteiger partial charge in [-0.25, -0.2) is 0 Å². The zero-order valence-corrected chi connectivity index (χ0v) is 7.47. The molecule has 0 bridgehead atoms. The highest BCUT2D eigenvalue weighted by atomic mass is 79.9. The van der Waals surface area contributed by atoms with Crippen LogP contribution in [0.1, 0.15) is 13.3 Å². The maximum Gasteiger partial charge on any atom is 0.313 e. The van der Waals surface area contributed by atoms with Crippen LogP contribution in [0.3, 0.4) is 0 Å². The molecule has 4 heteroatoms. The van der Waals surface area contributed by atoms with Gasteiger partial charge in [0.15, 0.2) is 5.78 Å². The molecule has 0 aliphatic carbocycles. The second-order valence-electron chi connectivity index (χ2n) is 1.84. The molecule has 0 aromatic heterocycles. The fourth-order valence-corrected chi connectivity index (χ4v) is 0.517. The molecule has 0 aliphatic heterocycles. The molecule has 0 saturated heterocycles. The van der Waals surface area contributed by atoms with Crippen molar-refractivity contribution in [1.82, 2.24) is 0 Å². The molecule has 1 atom stereocenters. The zero-order valence-electron chi connectivity index (χ0n) is 5.89. The van der Waals surface area contributed by atoms with Crippen molar-refractivity contribution in [3.05, 3.63) is 0 Å². The summed E-state index contributed by atoms with van der Waals surface area (Å²) in [6, 6.07) is 0. The molecule has 0 aromatic carbocycles. The quantitative estimate of drug-likeness (QED) is 0.394. The van der Waals surface area contributed by atoms with E-state index in [0.717, 1.165) is 0 Å². The maximum atomic E-state index is 10.8. The number of alkyl halides is 1. The molecule has 0 amide bonds. The third-order valence-electron chi connectivity index (χ3n) is 0.990. The molecular weight excluding hydrogens is 200 g/mol. The Balaban J connectivity index is 3.69. The number of carbonyl (C=O) groups excluding carboxylic acids is 2. The van der Waals surface area contributed by atoms with Gasteiger partial charge in [-0.1, -0.05) is 15.9 Å². The molecule has 0 spiro atoms. The van der Waals surface area contributed by atoms with E-state index in [-0.39, 0.29) is 17.0 Å². The molecule has 10 heavy (non-hydrogen) atoms. The normalized spacial score (nSPS) is 12.3. The Bertz CT molecular complexity index is 142. The van der Waals surface area contributed by atoms with Crippen LogP contribution >= 0.6 is 15.9 Å². The van der Waals surface area contributed by atoms with Crippen LogP contribution in [0.4, 0.5) is 0 Å². The van der Waals surface area contributed by atoms with Crippen LogP contribution in [0.5, 0.6) is 0 Å². The summed E-state index contributed by atoms with van der Waals surface area (Å²) in [5.41, 5.74) is 0. The van der Waals surface area contributed by atoms with Crippen LogP contribution < -0.4 is 0 Å². The Kier molecular flexibility index (Phi) is 4.27. The molecule has 0 aromatic rings. The highest BCUT2D eigenvalue weighted by Gasteiger charge is 2.13. The number of hydrogen-bond acceptors (Lipinski definition) is 3. The molecule has 0 unspecified atom stereocenters. The number of rotatable bonds is 3. The van der Waals surface area contributed by atoms with Crippen molar-refractivity contribution in [2.24, 2.45) is 0 Å². The fourth-order valence-electron chi connectivity index (χ4n) is 0.355. The van der Waals surface area contributed by atoms with Crippen LogP contribution in [0.2, 0.25) is 0 Å². The van der Waals surface area contributed by atoms with Crippen LogP contribution in [0.25, 0.3) is 0 Å². The second-order valence-corrected chi connectivity index (χ2v) is 3.21. The van der Waals surface area contributed by atoms with Crippen molar-refractivity contribution >= 4 is 27.7 Å². The first-order valence-corrected chi connectivity index (χ1v) is 3.73. The van der Waals surface area contributed by atoms with Crippen molar-refractivity contribution < 1.29 is 14.3 Å². The smallest absolute Gasteiger partial charge is 0.313 e. The first-order valence-electron chi connectivity index (χ1n) is 2.81. The van der Waals surface area contributed by atoms with Crippen molar-refractivity contribution in [2.75, 3.05) is 7.11 Å². The number of ether oxygens (including phenoxy) is 1. The Labute approximate surface area is 67.9 Å². The van der Waals surface area contributed by atoms with Gasteiger partial charge in [-0.05, 0) is 6.92 Å². The number of carbonyl (C=O) groups is 2. The predicted molar refractivity (Wildman–Crippen MR) is 40.0 cm³/mol. The maximum absolute atomic E-state index is 10.8. The van der Waals surface area contributed by atoms with E-state index >= 15 is 0 Å². The number of methoxy groups -OCH3 is 1. The third kappa shape index (κ3) is 3.61. The lowest BCUT2D eigenvalue weighted by molar-refractivity contribution is -0.143. The lowest BCUT2D eigenvalue weighted by atomic mass is 10.2. The number of ketones is 1. The van der Waals surface area contributed by atoms with E-state index in [4.69, 9.17) is 0 Å². The topological polar surface area (TPSA) is 43.4 Å². The van der Waals surface area contributed by atoms with Crippen molar-refractivity contribution in [2.45, 2.75) is 18.2 Å². The lowest BCUT2D eigenvalue weighted by Gasteiger charge is -1.99. The van der Waals surface area contributed by atoms with Crippen LogP contribution in [-0.2, 0) is 14.3 Å². The van der Waals surface area contributed by atoms with E-state index in [1.165, 1.54) is 7.11 Å². The lowest BCUT2D eigenvalue weighted by Crippen LogP contribution is -2.15. The summed E-state index contributed by atoms with van der Waals surface area (Å²) in [5.74, 6) is -0.650. The summed E-state index contributed by atoms with van der Waals surface area (Å²) in [5, 5.41) is 0. The van der Waals surface area contributed by atoms with E-state index in [1.807, 2.05) is 0 Å². The zero-order chi connectivity index (χ0) is 8.15. The number of Topliss-reactive ketones (excluding diaryl/α,β-unsaturated/α-hetero) is 1. The molecule has 0 N–H and O–H groups in total. The first kappa shape index (κ1) is 9.62. The van der Waals surface area contributed by atoms with Gasteiger partial charge in [-0.2, -0.15) is 0 Å².